The molecule has 20 heavy (non-hydrogen) atoms. The van der Waals surface area contributed by atoms with E-state index in [0.29, 0.717) is 12.1 Å². The molecule has 1 amide bonds. The monoisotopic (exact) mass is 296 g/mol. The van der Waals surface area contributed by atoms with E-state index in [9.17, 15) is 13.2 Å². The average Bonchev–Trinajstić information content (AvgIpc) is 2.92. The molecule has 0 aliphatic carbocycles. The van der Waals surface area contributed by atoms with Crippen molar-refractivity contribution < 1.29 is 13.2 Å². The summed E-state index contributed by atoms with van der Waals surface area (Å²) in [7, 11) is -3.18. The summed E-state index contributed by atoms with van der Waals surface area (Å²) < 4.78 is 23.3. The van der Waals surface area contributed by atoms with Gasteiger partial charge in [0.1, 0.15) is 0 Å². The van der Waals surface area contributed by atoms with Gasteiger partial charge in [0.2, 0.25) is 5.91 Å². The Bertz CT molecular complexity index is 561. The molecule has 5 nitrogen and oxygen atoms in total. The number of anilines is 1. The first-order valence-electron chi connectivity index (χ1n) is 6.87. The van der Waals surface area contributed by atoms with Crippen molar-refractivity contribution in [2.75, 3.05) is 17.6 Å². The Hall–Kier alpha value is -1.40. The Morgan fingerprint density at radius 3 is 2.60 bits per heavy atom. The first-order valence-corrected chi connectivity index (χ1v) is 8.52. The molecule has 1 fully saturated rings. The summed E-state index contributed by atoms with van der Waals surface area (Å²) in [6, 6.07) is 6.57. The predicted molar refractivity (Wildman–Crippen MR) is 78.4 cm³/mol. The second kappa shape index (κ2) is 6.37. The Morgan fingerprint density at radius 1 is 1.35 bits per heavy atom. The maximum atomic E-state index is 11.8. The van der Waals surface area contributed by atoms with E-state index in [-0.39, 0.29) is 22.6 Å². The van der Waals surface area contributed by atoms with Crippen molar-refractivity contribution in [1.29, 1.82) is 0 Å². The molecule has 0 radical (unpaired) electrons. The van der Waals surface area contributed by atoms with Crippen molar-refractivity contribution in [2.45, 2.75) is 37.1 Å². The molecule has 2 N–H and O–H groups in total. The molecule has 0 aromatic heterocycles. The van der Waals surface area contributed by atoms with Gasteiger partial charge in [0.25, 0.3) is 0 Å². The van der Waals surface area contributed by atoms with Crippen molar-refractivity contribution >= 4 is 21.4 Å². The smallest absolute Gasteiger partial charge is 0.225 e. The van der Waals surface area contributed by atoms with E-state index in [2.05, 4.69) is 10.6 Å². The molecule has 6 heteroatoms. The molecule has 0 saturated carbocycles. The largest absolute Gasteiger partial charge is 0.326 e. The van der Waals surface area contributed by atoms with E-state index in [4.69, 9.17) is 0 Å². The third-order valence-corrected chi connectivity index (χ3v) is 5.22. The van der Waals surface area contributed by atoms with Crippen LogP contribution < -0.4 is 10.6 Å². The van der Waals surface area contributed by atoms with Crippen LogP contribution in [0, 0.1) is 0 Å². The second-order valence-electron chi connectivity index (χ2n) is 4.97. The Kier molecular flexibility index (Phi) is 4.77. The molecular weight excluding hydrogens is 276 g/mol. The summed E-state index contributed by atoms with van der Waals surface area (Å²) >= 11 is 0. The lowest BCUT2D eigenvalue weighted by Crippen LogP contribution is -2.27. The molecule has 1 aliphatic rings. The highest BCUT2D eigenvalue weighted by Crippen LogP contribution is 2.16. The first kappa shape index (κ1) is 15.0. The van der Waals surface area contributed by atoms with E-state index in [1.807, 2.05) is 0 Å². The SMILES string of the molecule is CCS(=O)(=O)c1ccc(NC(=O)CC2CCCN2)cc1. The zero-order chi connectivity index (χ0) is 14.6. The number of nitrogens with one attached hydrogen (secondary N) is 2. The third kappa shape index (κ3) is 3.80. The highest BCUT2D eigenvalue weighted by molar-refractivity contribution is 7.91. The normalized spacial score (nSPS) is 18.9. The molecule has 1 aromatic rings. The Balaban J connectivity index is 1.95. The number of carbonyl (C=O) groups excluding carboxylic acids is 1. The van der Waals surface area contributed by atoms with Crippen molar-refractivity contribution in [1.82, 2.24) is 5.32 Å². The number of rotatable bonds is 5. The van der Waals surface area contributed by atoms with Gasteiger partial charge in [-0.2, -0.15) is 0 Å². The van der Waals surface area contributed by atoms with Gasteiger partial charge in [-0.25, -0.2) is 8.42 Å². The van der Waals surface area contributed by atoms with Crippen LogP contribution in [0.4, 0.5) is 5.69 Å². The van der Waals surface area contributed by atoms with Gasteiger partial charge in [0.15, 0.2) is 9.84 Å². The lowest BCUT2D eigenvalue weighted by Gasteiger charge is -2.10. The summed E-state index contributed by atoms with van der Waals surface area (Å²) in [5, 5.41) is 6.06. The lowest BCUT2D eigenvalue weighted by atomic mass is 10.1. The third-order valence-electron chi connectivity index (χ3n) is 3.47. The van der Waals surface area contributed by atoms with E-state index in [1.165, 1.54) is 12.1 Å². The van der Waals surface area contributed by atoms with Crippen molar-refractivity contribution in [3.63, 3.8) is 0 Å². The van der Waals surface area contributed by atoms with E-state index in [0.717, 1.165) is 19.4 Å². The minimum atomic E-state index is -3.18. The van der Waals surface area contributed by atoms with E-state index >= 15 is 0 Å². The van der Waals surface area contributed by atoms with Gasteiger partial charge in [-0.1, -0.05) is 6.92 Å². The van der Waals surface area contributed by atoms with Crippen LogP contribution in [0.2, 0.25) is 0 Å². The second-order valence-corrected chi connectivity index (χ2v) is 7.25. The van der Waals surface area contributed by atoms with Gasteiger partial charge >= 0.3 is 0 Å². The number of amides is 1. The topological polar surface area (TPSA) is 75.3 Å². The minimum Gasteiger partial charge on any atom is -0.326 e. The molecule has 0 bridgehead atoms. The zero-order valence-electron chi connectivity index (χ0n) is 11.6. The molecule has 2 rings (SSSR count). The molecule has 1 saturated heterocycles. The van der Waals surface area contributed by atoms with Crippen molar-refractivity contribution in [2.24, 2.45) is 0 Å². The molecule has 0 spiro atoms. The van der Waals surface area contributed by atoms with Gasteiger partial charge in [-0.15, -0.1) is 0 Å². The van der Waals surface area contributed by atoms with E-state index in [1.54, 1.807) is 19.1 Å². The van der Waals surface area contributed by atoms with Gasteiger partial charge in [0.05, 0.1) is 10.6 Å². The standard InChI is InChI=1S/C14H20N2O3S/c1-2-20(18,19)13-7-5-11(6-8-13)16-14(17)10-12-4-3-9-15-12/h5-8,12,15H,2-4,9-10H2,1H3,(H,16,17). The number of benzene rings is 1. The fourth-order valence-corrected chi connectivity index (χ4v) is 3.16. The van der Waals surface area contributed by atoms with Gasteiger partial charge in [-0.3, -0.25) is 4.79 Å². The van der Waals surface area contributed by atoms with Gasteiger partial charge in [0, 0.05) is 18.2 Å². The average molecular weight is 296 g/mol. The van der Waals surface area contributed by atoms with Gasteiger partial charge < -0.3 is 10.6 Å². The van der Waals surface area contributed by atoms with E-state index < -0.39 is 9.84 Å². The molecule has 1 aliphatic heterocycles. The number of hydrogen-bond donors (Lipinski definition) is 2. The molecule has 1 heterocycles. The number of carbonyl (C=O) groups is 1. The lowest BCUT2D eigenvalue weighted by molar-refractivity contribution is -0.116. The maximum Gasteiger partial charge on any atom is 0.225 e. The fourth-order valence-electron chi connectivity index (χ4n) is 2.28. The summed E-state index contributed by atoms with van der Waals surface area (Å²) in [6.45, 7) is 2.58. The first-order chi connectivity index (χ1) is 9.51. The van der Waals surface area contributed by atoms with Crippen LogP contribution in [0.25, 0.3) is 0 Å². The Morgan fingerprint density at radius 2 is 2.05 bits per heavy atom. The van der Waals surface area contributed by atoms with Crippen LogP contribution in [0.5, 0.6) is 0 Å². The van der Waals surface area contributed by atoms with Gasteiger partial charge in [-0.05, 0) is 43.7 Å². The summed E-state index contributed by atoms with van der Waals surface area (Å²) in [6.07, 6.45) is 2.59. The predicted octanol–water partition coefficient (Wildman–Crippen LogP) is 1.56. The molecule has 110 valence electrons. The van der Waals surface area contributed by atoms with Crippen molar-refractivity contribution in [3.05, 3.63) is 24.3 Å². The molecule has 1 atom stereocenters. The zero-order valence-corrected chi connectivity index (χ0v) is 12.4. The Labute approximate surface area is 119 Å². The summed E-state index contributed by atoms with van der Waals surface area (Å²) in [5.74, 6) is 0.0296. The van der Waals surface area contributed by atoms with Crippen LogP contribution in [0.1, 0.15) is 26.2 Å². The molecule has 1 aromatic carbocycles. The quantitative estimate of drug-likeness (QED) is 0.864. The van der Waals surface area contributed by atoms with Crippen LogP contribution >= 0.6 is 0 Å². The molecule has 1 unspecified atom stereocenters. The van der Waals surface area contributed by atoms with Crippen LogP contribution in [-0.4, -0.2) is 32.7 Å². The fraction of sp³-hybridized carbons (Fsp3) is 0.500. The van der Waals surface area contributed by atoms with Crippen LogP contribution in [0.3, 0.4) is 0 Å². The van der Waals surface area contributed by atoms with Crippen LogP contribution in [-0.2, 0) is 14.6 Å². The number of hydrogen-bond acceptors (Lipinski definition) is 4. The maximum absolute atomic E-state index is 11.8. The number of sulfone groups is 1. The highest BCUT2D eigenvalue weighted by Gasteiger charge is 2.17. The highest BCUT2D eigenvalue weighted by atomic mass is 32.2. The summed E-state index contributed by atoms with van der Waals surface area (Å²) in [4.78, 5) is 12.1. The van der Waals surface area contributed by atoms with Crippen LogP contribution in [0.15, 0.2) is 29.2 Å². The summed E-state index contributed by atoms with van der Waals surface area (Å²) in [5.41, 5.74) is 0.628. The minimum absolute atomic E-state index is 0.0458. The molecular formula is C14H20N2O3S. The van der Waals surface area contributed by atoms with Crippen molar-refractivity contribution in [3.8, 4) is 0 Å².